The van der Waals surface area contributed by atoms with E-state index in [1.54, 1.807) is 56.8 Å². The number of amides is 1. The van der Waals surface area contributed by atoms with Gasteiger partial charge in [-0.05, 0) is 82.9 Å². The van der Waals surface area contributed by atoms with Crippen LogP contribution in [0.2, 0.25) is 5.02 Å². The molecule has 0 bridgehead atoms. The summed E-state index contributed by atoms with van der Waals surface area (Å²) in [5, 5.41) is 18.4. The monoisotopic (exact) mass is 657 g/mol. The predicted octanol–water partition coefficient (Wildman–Crippen LogP) is 6.20. The number of hydrogen-bond acceptors (Lipinski definition) is 6. The number of pyridine rings is 1. The minimum Gasteiger partial charge on any atom is -0.444 e. The average molecular weight is 658 g/mol. The van der Waals surface area contributed by atoms with Crippen molar-refractivity contribution in [3.8, 4) is 23.0 Å². The Morgan fingerprint density at radius 3 is 2.36 bits per heavy atom. The van der Waals surface area contributed by atoms with E-state index in [-0.39, 0.29) is 17.7 Å². The normalized spacial score (nSPS) is 13.1. The maximum Gasteiger partial charge on any atom is 0.408 e. The highest BCUT2D eigenvalue weighted by atomic mass is 35.5. The molecule has 3 N–H and O–H groups in total. The van der Waals surface area contributed by atoms with Gasteiger partial charge in [0.05, 0.1) is 27.7 Å². The highest BCUT2D eigenvalue weighted by Crippen LogP contribution is 2.39. The van der Waals surface area contributed by atoms with E-state index in [2.05, 4.69) is 27.0 Å². The molecule has 2 aromatic carbocycles. The molecule has 2 heterocycles. The maximum atomic E-state index is 14.3. The van der Waals surface area contributed by atoms with Crippen LogP contribution in [0.1, 0.15) is 57.6 Å². The number of aryl methyl sites for hydroxylation is 1. The Morgan fingerprint density at radius 1 is 1.11 bits per heavy atom. The number of alkyl carbamates (subject to hydrolysis) is 1. The Labute approximate surface area is 267 Å². The third-order valence-corrected chi connectivity index (χ3v) is 7.07. The number of aliphatic hydroxyl groups is 1. The molecule has 238 valence electrons. The van der Waals surface area contributed by atoms with Crippen LogP contribution in [-0.2, 0) is 29.2 Å². The lowest BCUT2D eigenvalue weighted by atomic mass is 9.94. The Morgan fingerprint density at radius 2 is 1.76 bits per heavy atom. The number of carbonyl (C=O) groups excluding carboxylic acids is 1. The highest BCUT2D eigenvalue weighted by Gasteiger charge is 2.27. The van der Waals surface area contributed by atoms with Gasteiger partial charge in [0.2, 0.25) is 0 Å². The van der Waals surface area contributed by atoms with Gasteiger partial charge in [-0.1, -0.05) is 23.6 Å². The molecular weight excluding hydrogens is 624 g/mol. The third-order valence-electron chi connectivity index (χ3n) is 6.27. The fourth-order valence-electron chi connectivity index (χ4n) is 4.69. The molecule has 9 nitrogen and oxygen atoms in total. The first-order valence-corrected chi connectivity index (χ1v) is 15.8. The Kier molecular flexibility index (Phi) is 9.87. The summed E-state index contributed by atoms with van der Waals surface area (Å²) in [5.74, 6) is 4.34. The van der Waals surface area contributed by atoms with E-state index in [4.69, 9.17) is 21.3 Å². The molecule has 1 amide bonds. The maximum absolute atomic E-state index is 14.3. The summed E-state index contributed by atoms with van der Waals surface area (Å²) >= 11 is 6.60. The molecule has 0 fully saturated rings. The minimum absolute atomic E-state index is 0.0694. The Bertz CT molecular complexity index is 1830. The van der Waals surface area contributed by atoms with Gasteiger partial charge in [-0.3, -0.25) is 9.40 Å². The number of nitrogens with one attached hydrogen (secondary N) is 2. The fourth-order valence-corrected chi connectivity index (χ4v) is 5.35. The molecule has 2 atom stereocenters. The zero-order valence-electron chi connectivity index (χ0n) is 25.9. The summed E-state index contributed by atoms with van der Waals surface area (Å²) in [4.78, 5) is 17.9. The van der Waals surface area contributed by atoms with Gasteiger partial charge in [-0.2, -0.15) is 5.10 Å². The number of benzene rings is 2. The van der Waals surface area contributed by atoms with Gasteiger partial charge >= 0.3 is 6.09 Å². The van der Waals surface area contributed by atoms with E-state index in [0.717, 1.165) is 6.07 Å². The molecular formula is C32H34ClF2N5O4S. The summed E-state index contributed by atoms with van der Waals surface area (Å²) in [6.45, 7) is 8.19. The largest absolute Gasteiger partial charge is 0.444 e. The minimum atomic E-state index is -1.44. The van der Waals surface area contributed by atoms with Crippen LogP contribution in [0, 0.1) is 23.5 Å². The SMILES string of the molecule is Cn1nc(NS(C)=O)c2c(Cl)ccc(-c3ccc(C#CC(C)(C)O)nc3[C@H](Cc3cc(F)cc(F)c3)NC(=O)OC(C)(C)C)c21. The highest BCUT2D eigenvalue weighted by molar-refractivity contribution is 7.85. The fraction of sp³-hybridized carbons (Fsp3) is 0.344. The van der Waals surface area contributed by atoms with Crippen molar-refractivity contribution >= 4 is 45.4 Å². The Balaban J connectivity index is 2.00. The summed E-state index contributed by atoms with van der Waals surface area (Å²) in [7, 11) is 0.262. The first-order chi connectivity index (χ1) is 20.9. The number of aromatic nitrogens is 3. The van der Waals surface area contributed by atoms with E-state index in [1.807, 2.05) is 0 Å². The molecule has 1 unspecified atom stereocenters. The Hall–Kier alpha value is -4.05. The zero-order chi connectivity index (χ0) is 33.3. The first-order valence-electron chi connectivity index (χ1n) is 13.9. The van der Waals surface area contributed by atoms with Crippen LogP contribution < -0.4 is 10.0 Å². The molecule has 13 heteroatoms. The number of anilines is 1. The molecule has 0 radical (unpaired) electrons. The van der Waals surface area contributed by atoms with Gasteiger partial charge in [-0.15, -0.1) is 0 Å². The zero-order valence-corrected chi connectivity index (χ0v) is 27.5. The summed E-state index contributed by atoms with van der Waals surface area (Å²) in [5.41, 5.74) is 0.377. The van der Waals surface area contributed by atoms with Gasteiger partial charge in [0.15, 0.2) is 5.82 Å². The quantitative estimate of drug-likeness (QED) is 0.204. The van der Waals surface area contributed by atoms with Crippen LogP contribution in [0.25, 0.3) is 22.0 Å². The number of ether oxygens (including phenoxy) is 1. The summed E-state index contributed by atoms with van der Waals surface area (Å²) < 4.78 is 50.5. The number of halogens is 3. The molecule has 4 rings (SSSR count). The second kappa shape index (κ2) is 13.1. The first kappa shape index (κ1) is 33.8. The number of nitrogens with zero attached hydrogens (tertiary/aromatic N) is 3. The van der Waals surface area contributed by atoms with Crippen molar-refractivity contribution < 1.29 is 27.6 Å². The van der Waals surface area contributed by atoms with Crippen LogP contribution in [0.3, 0.4) is 0 Å². The molecule has 4 aromatic rings. The summed E-state index contributed by atoms with van der Waals surface area (Å²) in [6, 6.07) is 8.96. The lowest BCUT2D eigenvalue weighted by Gasteiger charge is -2.25. The number of hydrogen-bond donors (Lipinski definition) is 3. The number of rotatable bonds is 7. The van der Waals surface area contributed by atoms with E-state index < -0.39 is 46.0 Å². The second-order valence-corrected chi connectivity index (χ2v) is 13.5. The van der Waals surface area contributed by atoms with Gasteiger partial charge in [0.1, 0.15) is 39.5 Å². The smallest absolute Gasteiger partial charge is 0.408 e. The van der Waals surface area contributed by atoms with E-state index in [0.29, 0.717) is 38.6 Å². The van der Waals surface area contributed by atoms with Crippen LogP contribution in [0.5, 0.6) is 0 Å². The van der Waals surface area contributed by atoms with Crippen molar-refractivity contribution in [1.82, 2.24) is 20.1 Å². The number of fused-ring (bicyclic) bond motifs is 1. The molecule has 0 aliphatic heterocycles. The molecule has 0 aliphatic rings. The van der Waals surface area contributed by atoms with Gasteiger partial charge < -0.3 is 15.2 Å². The topological polar surface area (TPSA) is 118 Å². The van der Waals surface area contributed by atoms with E-state index in [1.165, 1.54) is 32.2 Å². The molecule has 45 heavy (non-hydrogen) atoms. The van der Waals surface area contributed by atoms with E-state index >= 15 is 0 Å². The van der Waals surface area contributed by atoms with Crippen molar-refractivity contribution in [3.63, 3.8) is 0 Å². The molecule has 0 aliphatic carbocycles. The van der Waals surface area contributed by atoms with Gasteiger partial charge in [-0.25, -0.2) is 22.8 Å². The number of carbonyl (C=O) groups is 1. The predicted molar refractivity (Wildman–Crippen MR) is 172 cm³/mol. The van der Waals surface area contributed by atoms with Crippen LogP contribution >= 0.6 is 11.6 Å². The van der Waals surface area contributed by atoms with Crippen molar-refractivity contribution in [3.05, 3.63) is 76.1 Å². The molecule has 2 aromatic heterocycles. The van der Waals surface area contributed by atoms with E-state index in [9.17, 15) is 22.9 Å². The van der Waals surface area contributed by atoms with Crippen molar-refractivity contribution in [2.45, 2.75) is 58.3 Å². The lowest BCUT2D eigenvalue weighted by Crippen LogP contribution is -2.36. The van der Waals surface area contributed by atoms with Gasteiger partial charge in [0, 0.05) is 30.5 Å². The van der Waals surface area contributed by atoms with Crippen LogP contribution in [0.15, 0.2) is 42.5 Å². The van der Waals surface area contributed by atoms with Crippen molar-refractivity contribution in [1.29, 1.82) is 0 Å². The molecule has 0 saturated heterocycles. The lowest BCUT2D eigenvalue weighted by molar-refractivity contribution is 0.0502. The summed E-state index contributed by atoms with van der Waals surface area (Å²) in [6.07, 6.45) is 0.624. The molecule has 0 saturated carbocycles. The standard InChI is InChI=1S/C32H34ClF2N5O4S/c1-31(2,3)44-30(41)37-25(16-18-14-19(34)17-20(35)15-18)27-22(9-8-21(36-27)12-13-32(4,5)42)23-10-11-24(33)26-28(23)40(6)38-29(26)39-45(7)43/h8-11,14-15,17,25,42H,16H2,1-7H3,(H,37,41)(H,38,39)/t25-,45?/m0/s1. The molecule has 0 spiro atoms. The van der Waals surface area contributed by atoms with Gasteiger partial charge in [0.25, 0.3) is 0 Å². The third kappa shape index (κ3) is 8.78. The van der Waals surface area contributed by atoms with Crippen LogP contribution in [0.4, 0.5) is 19.4 Å². The average Bonchev–Trinajstić information content (AvgIpc) is 3.21. The van der Waals surface area contributed by atoms with Crippen molar-refractivity contribution in [2.24, 2.45) is 7.05 Å². The van der Waals surface area contributed by atoms with Crippen LogP contribution in [-0.4, -0.2) is 47.6 Å². The second-order valence-electron chi connectivity index (χ2n) is 12.0. The van der Waals surface area contributed by atoms with Crippen molar-refractivity contribution in [2.75, 3.05) is 11.0 Å².